The number of nitrogens with zero attached hydrogens (tertiary/aromatic N) is 2. The lowest BCUT2D eigenvalue weighted by molar-refractivity contribution is 0.304. The Kier molecular flexibility index (Phi) is 13.9. The standard InChI is InChI=1S/C36H42Br2F2N2O2/c1-3-5-7-9-11-13-21-43-27-19-15-17-25(23-27)33-34(42-36-30(38)32(40)31(39)29(37)35(36)41-33)26-18-16-20-28(24-26)44-22-14-12-10-8-6-4-2/h15-20,23-24H,3-14,21-22H2,1-2H3. The first kappa shape index (κ1) is 34.3. The van der Waals surface area contributed by atoms with E-state index in [9.17, 15) is 8.78 Å². The van der Waals surface area contributed by atoms with Gasteiger partial charge in [0.2, 0.25) is 0 Å². The summed E-state index contributed by atoms with van der Waals surface area (Å²) < 4.78 is 41.5. The first-order valence-corrected chi connectivity index (χ1v) is 17.5. The highest BCUT2D eigenvalue weighted by atomic mass is 79.9. The van der Waals surface area contributed by atoms with Crippen molar-refractivity contribution in [3.63, 3.8) is 0 Å². The van der Waals surface area contributed by atoms with E-state index in [0.717, 1.165) is 48.3 Å². The highest BCUT2D eigenvalue weighted by Gasteiger charge is 2.23. The predicted molar refractivity (Wildman–Crippen MR) is 183 cm³/mol. The van der Waals surface area contributed by atoms with Gasteiger partial charge in [-0.3, -0.25) is 0 Å². The summed E-state index contributed by atoms with van der Waals surface area (Å²) >= 11 is 6.43. The van der Waals surface area contributed by atoms with Crippen molar-refractivity contribution in [3.05, 3.63) is 69.1 Å². The molecule has 0 N–H and O–H groups in total. The third kappa shape index (κ3) is 9.23. The van der Waals surface area contributed by atoms with Gasteiger partial charge in [0.15, 0.2) is 11.6 Å². The third-order valence-corrected chi connectivity index (χ3v) is 9.09. The summed E-state index contributed by atoms with van der Waals surface area (Å²) in [4.78, 5) is 9.72. The zero-order valence-electron chi connectivity index (χ0n) is 25.7. The molecule has 236 valence electrons. The molecule has 0 atom stereocenters. The molecule has 4 rings (SSSR count). The van der Waals surface area contributed by atoms with Gasteiger partial charge < -0.3 is 9.47 Å². The number of aromatic nitrogens is 2. The molecule has 0 radical (unpaired) electrons. The molecule has 0 unspecified atom stereocenters. The van der Waals surface area contributed by atoms with Crippen molar-refractivity contribution in [2.45, 2.75) is 90.9 Å². The molecule has 0 aliphatic rings. The molecule has 0 fully saturated rings. The Bertz CT molecular complexity index is 1400. The fraction of sp³-hybridized carbons (Fsp3) is 0.444. The first-order chi connectivity index (χ1) is 21.4. The molecule has 0 saturated heterocycles. The number of hydrogen-bond donors (Lipinski definition) is 0. The molecule has 4 nitrogen and oxygen atoms in total. The van der Waals surface area contributed by atoms with Crippen LogP contribution in [0.3, 0.4) is 0 Å². The fourth-order valence-corrected chi connectivity index (χ4v) is 6.06. The zero-order chi connectivity index (χ0) is 31.3. The van der Waals surface area contributed by atoms with Gasteiger partial charge in [0.05, 0.1) is 33.5 Å². The molecule has 44 heavy (non-hydrogen) atoms. The average molecular weight is 733 g/mol. The van der Waals surface area contributed by atoms with E-state index in [1.165, 1.54) is 51.4 Å². The molecule has 8 heteroatoms. The maximum atomic E-state index is 14.7. The van der Waals surface area contributed by atoms with Gasteiger partial charge in [-0.15, -0.1) is 0 Å². The quantitative estimate of drug-likeness (QED) is 0.0580. The lowest BCUT2D eigenvalue weighted by atomic mass is 10.0. The summed E-state index contributed by atoms with van der Waals surface area (Å²) in [6, 6.07) is 15.4. The lowest BCUT2D eigenvalue weighted by Crippen LogP contribution is -2.02. The molecule has 0 amide bonds. The molecule has 0 spiro atoms. The van der Waals surface area contributed by atoms with Gasteiger partial charge in [-0.05, 0) is 69.0 Å². The number of benzene rings is 3. The minimum Gasteiger partial charge on any atom is -0.494 e. The molecule has 0 aliphatic carbocycles. The molecule has 0 bridgehead atoms. The summed E-state index contributed by atoms with van der Waals surface area (Å²) in [7, 11) is 0. The van der Waals surface area contributed by atoms with E-state index in [4.69, 9.17) is 19.4 Å². The fourth-order valence-electron chi connectivity index (χ4n) is 5.16. The molecule has 1 aromatic heterocycles. The van der Waals surface area contributed by atoms with Crippen molar-refractivity contribution in [2.75, 3.05) is 13.2 Å². The first-order valence-electron chi connectivity index (χ1n) is 15.9. The largest absolute Gasteiger partial charge is 0.494 e. The van der Waals surface area contributed by atoms with Crippen LogP contribution in [0.2, 0.25) is 0 Å². The van der Waals surface area contributed by atoms with Gasteiger partial charge in [0, 0.05) is 11.1 Å². The number of hydrogen-bond acceptors (Lipinski definition) is 4. The molecule has 4 aromatic rings. The molecule has 0 aliphatic heterocycles. The minimum absolute atomic E-state index is 0.0694. The monoisotopic (exact) mass is 730 g/mol. The van der Waals surface area contributed by atoms with E-state index >= 15 is 0 Å². The van der Waals surface area contributed by atoms with Crippen LogP contribution in [0.1, 0.15) is 90.9 Å². The maximum Gasteiger partial charge on any atom is 0.176 e. The second kappa shape index (κ2) is 17.8. The summed E-state index contributed by atoms with van der Waals surface area (Å²) in [5, 5.41) is 0. The smallest absolute Gasteiger partial charge is 0.176 e. The molecule has 3 aromatic carbocycles. The van der Waals surface area contributed by atoms with E-state index in [0.29, 0.717) is 24.6 Å². The van der Waals surface area contributed by atoms with Crippen LogP contribution >= 0.6 is 31.9 Å². The van der Waals surface area contributed by atoms with Crippen LogP contribution in [0.4, 0.5) is 8.78 Å². The third-order valence-electron chi connectivity index (χ3n) is 7.64. The maximum absolute atomic E-state index is 14.7. The Hall–Kier alpha value is -2.58. The number of fused-ring (bicyclic) bond motifs is 1. The molecule has 0 saturated carbocycles. The van der Waals surface area contributed by atoms with Crippen molar-refractivity contribution in [3.8, 4) is 34.0 Å². The Labute approximate surface area is 277 Å². The van der Waals surface area contributed by atoms with Crippen molar-refractivity contribution in [1.82, 2.24) is 9.97 Å². The van der Waals surface area contributed by atoms with Gasteiger partial charge in [0.25, 0.3) is 0 Å². The van der Waals surface area contributed by atoms with Crippen LogP contribution in [0.5, 0.6) is 11.5 Å². The van der Waals surface area contributed by atoms with E-state index in [2.05, 4.69) is 45.7 Å². The van der Waals surface area contributed by atoms with Crippen LogP contribution in [-0.2, 0) is 0 Å². The topological polar surface area (TPSA) is 44.2 Å². The van der Waals surface area contributed by atoms with Gasteiger partial charge in [-0.2, -0.15) is 0 Å². The zero-order valence-corrected chi connectivity index (χ0v) is 28.9. The van der Waals surface area contributed by atoms with E-state index < -0.39 is 11.6 Å². The summed E-state index contributed by atoms with van der Waals surface area (Å²) in [6.45, 7) is 5.70. The van der Waals surface area contributed by atoms with Crippen LogP contribution in [0.25, 0.3) is 33.5 Å². The lowest BCUT2D eigenvalue weighted by Gasteiger charge is -2.15. The van der Waals surface area contributed by atoms with Crippen LogP contribution in [-0.4, -0.2) is 23.2 Å². The summed E-state index contributed by atoms with van der Waals surface area (Å²) in [5.41, 5.74) is 3.05. The van der Waals surface area contributed by atoms with Crippen LogP contribution in [0, 0.1) is 11.6 Å². The van der Waals surface area contributed by atoms with Gasteiger partial charge in [0.1, 0.15) is 22.5 Å². The second-order valence-corrected chi connectivity index (χ2v) is 12.7. The van der Waals surface area contributed by atoms with Crippen LogP contribution < -0.4 is 9.47 Å². The number of halogens is 4. The van der Waals surface area contributed by atoms with Gasteiger partial charge in [-0.1, -0.05) is 102 Å². The summed E-state index contributed by atoms with van der Waals surface area (Å²) in [6.07, 6.45) is 14.2. The number of rotatable bonds is 18. The molecular weight excluding hydrogens is 690 g/mol. The Morgan fingerprint density at radius 3 is 1.36 bits per heavy atom. The van der Waals surface area contributed by atoms with Crippen molar-refractivity contribution in [2.24, 2.45) is 0 Å². The Balaban J connectivity index is 1.63. The predicted octanol–water partition coefficient (Wildman–Crippen LogP) is 12.2. The van der Waals surface area contributed by atoms with E-state index in [1.807, 2.05) is 48.5 Å². The minimum atomic E-state index is -1.02. The summed E-state index contributed by atoms with van der Waals surface area (Å²) in [5.74, 6) is -0.576. The van der Waals surface area contributed by atoms with Gasteiger partial charge in [-0.25, -0.2) is 18.7 Å². The van der Waals surface area contributed by atoms with Crippen molar-refractivity contribution >= 4 is 42.9 Å². The Morgan fingerprint density at radius 1 is 0.568 bits per heavy atom. The highest BCUT2D eigenvalue weighted by molar-refractivity contribution is 9.11. The number of unbranched alkanes of at least 4 members (excludes halogenated alkanes) is 10. The second-order valence-electron chi connectivity index (χ2n) is 11.2. The van der Waals surface area contributed by atoms with Crippen molar-refractivity contribution in [1.29, 1.82) is 0 Å². The van der Waals surface area contributed by atoms with Crippen molar-refractivity contribution < 1.29 is 18.3 Å². The Morgan fingerprint density at radius 2 is 0.955 bits per heavy atom. The molecular formula is C36H42Br2F2N2O2. The highest BCUT2D eigenvalue weighted by Crippen LogP contribution is 2.39. The average Bonchev–Trinajstić information content (AvgIpc) is 3.05. The van der Waals surface area contributed by atoms with Crippen LogP contribution in [0.15, 0.2) is 57.5 Å². The normalized spacial score (nSPS) is 11.3. The van der Waals surface area contributed by atoms with E-state index in [-0.39, 0.29) is 20.0 Å². The number of ether oxygens (including phenoxy) is 2. The molecule has 1 heterocycles. The van der Waals surface area contributed by atoms with Gasteiger partial charge >= 0.3 is 0 Å². The SMILES string of the molecule is CCCCCCCCOc1cccc(-c2nc3c(Br)c(F)c(F)c(Br)c3nc2-c2cccc(OCCCCCCCC)c2)c1. The van der Waals surface area contributed by atoms with E-state index in [1.54, 1.807) is 0 Å².